The highest BCUT2D eigenvalue weighted by atomic mass is 16.5. The van der Waals surface area contributed by atoms with Gasteiger partial charge in [-0.05, 0) is 135 Å². The minimum absolute atomic E-state index is 0.364. The summed E-state index contributed by atoms with van der Waals surface area (Å²) in [5.74, 6) is 2.31. The second-order valence-corrected chi connectivity index (χ2v) is 37.9. The van der Waals surface area contributed by atoms with Crippen LogP contribution < -0.4 is 18.9 Å². The monoisotopic (exact) mass is 1710 g/mol. The molecule has 0 atom stereocenters. The van der Waals surface area contributed by atoms with Crippen molar-refractivity contribution in [3.63, 3.8) is 0 Å². The molecule has 0 fully saturated rings. The zero-order chi connectivity index (χ0) is 87.7. The summed E-state index contributed by atoms with van der Waals surface area (Å²) in [7, 11) is 0. The topological polar surface area (TPSA) is 152 Å². The van der Waals surface area contributed by atoms with Crippen molar-refractivity contribution in [3.8, 4) is 68.0 Å². The second-order valence-electron chi connectivity index (χ2n) is 37.9. The maximum absolute atomic E-state index is 7.25. The van der Waals surface area contributed by atoms with Crippen LogP contribution in [0.4, 0.5) is 0 Å². The molecular formula is C116H142N8O4. The molecule has 0 spiro atoms. The number of aryl methyl sites for hydroxylation is 4. The maximum atomic E-state index is 7.25. The molecule has 0 radical (unpaired) electrons. The molecule has 0 amide bonds. The van der Waals surface area contributed by atoms with Crippen LogP contribution in [0.5, 0.6) is 23.0 Å². The van der Waals surface area contributed by atoms with E-state index < -0.39 is 0 Å². The van der Waals surface area contributed by atoms with Crippen molar-refractivity contribution in [2.75, 3.05) is 26.4 Å². The van der Waals surface area contributed by atoms with Crippen molar-refractivity contribution < 1.29 is 18.9 Å². The first-order valence-corrected chi connectivity index (χ1v) is 50.8. The van der Waals surface area contributed by atoms with Crippen molar-refractivity contribution in [2.24, 2.45) is 0 Å². The third-order valence-corrected chi connectivity index (χ3v) is 28.8. The molecule has 17 rings (SSSR count). The zero-order valence-electron chi connectivity index (χ0n) is 78.5. The predicted octanol–water partition coefficient (Wildman–Crippen LogP) is 33.9. The fourth-order valence-electron chi connectivity index (χ4n) is 21.5. The summed E-state index contributed by atoms with van der Waals surface area (Å²) in [5.41, 5.74) is 26.2. The van der Waals surface area contributed by atoms with Gasteiger partial charge in [-0.3, -0.25) is 0 Å². The van der Waals surface area contributed by atoms with E-state index in [0.29, 0.717) is 26.4 Å². The van der Waals surface area contributed by atoms with Gasteiger partial charge in [0.25, 0.3) is 0 Å². The van der Waals surface area contributed by atoms with Gasteiger partial charge in [0.1, 0.15) is 22.1 Å². The van der Waals surface area contributed by atoms with E-state index in [1.807, 2.05) is 0 Å². The molecule has 2 aliphatic heterocycles. The van der Waals surface area contributed by atoms with Crippen molar-refractivity contribution in [2.45, 2.75) is 324 Å². The molecule has 7 aromatic carbocycles. The van der Waals surface area contributed by atoms with E-state index in [1.165, 1.54) is 239 Å². The molecule has 0 aliphatic carbocycles. The lowest BCUT2D eigenvalue weighted by Crippen LogP contribution is -2.15. The van der Waals surface area contributed by atoms with Crippen LogP contribution in [-0.4, -0.2) is 66.3 Å². The summed E-state index contributed by atoms with van der Waals surface area (Å²) in [6.45, 7) is 20.9. The number of H-pyrrole nitrogens is 4. The van der Waals surface area contributed by atoms with E-state index in [0.717, 1.165) is 229 Å². The SMILES string of the molecule is CCCCCCCCCCCCOc1c(OCCCCCCCCCCCC)c2ccc3nc2c2nc(ccc12)-c1cccc2c(C)c([nH]c12)C1c2ccccc2C(c2[nH]c4c-3cccc4c2C)c2[nH]c3c(cccc3c2C)-c2ccc3c(OCCCCCCCCCCCC)c(OCCCCCCCCCCCC)c4ccc(nc4c3n2)-c2cccc3c(C)c1[nH]c23. The first-order chi connectivity index (χ1) is 63.2. The Hall–Kier alpha value is -10.5. The number of fused-ring (bicyclic) bond motifs is 16. The third-order valence-electron chi connectivity index (χ3n) is 28.8. The van der Waals surface area contributed by atoms with Crippen molar-refractivity contribution in [1.82, 2.24) is 39.9 Å². The smallest absolute Gasteiger partial charge is 0.171 e. The number of rotatable bonds is 48. The molecule has 0 saturated carbocycles. The van der Waals surface area contributed by atoms with Crippen LogP contribution in [-0.2, 0) is 0 Å². The first-order valence-electron chi connectivity index (χ1n) is 50.8. The van der Waals surface area contributed by atoms with Crippen LogP contribution in [0.2, 0.25) is 0 Å². The van der Waals surface area contributed by atoms with Gasteiger partial charge in [-0.15, -0.1) is 0 Å². The summed E-state index contributed by atoms with van der Waals surface area (Å²) in [6.07, 6.45) is 50.0. The number of hydrogen-bond donors (Lipinski definition) is 4. The van der Waals surface area contributed by atoms with Gasteiger partial charge in [0.2, 0.25) is 0 Å². The molecule has 8 aromatic heterocycles. The minimum Gasteiger partial charge on any atom is -0.489 e. The molecule has 15 aromatic rings. The van der Waals surface area contributed by atoms with Gasteiger partial charge in [-0.1, -0.05) is 356 Å². The number of nitrogens with one attached hydrogen (secondary N) is 4. The fraction of sp³-hybridized carbons (Fsp3) is 0.466. The van der Waals surface area contributed by atoms with E-state index in [1.54, 1.807) is 0 Å². The number of unbranched alkanes of at least 4 members (excludes halogenated alkanes) is 36. The van der Waals surface area contributed by atoms with Gasteiger partial charge in [0.05, 0.1) is 83.1 Å². The Morgan fingerprint density at radius 2 is 0.422 bits per heavy atom. The van der Waals surface area contributed by atoms with E-state index in [-0.39, 0.29) is 11.8 Å². The molecule has 12 nitrogen and oxygen atoms in total. The van der Waals surface area contributed by atoms with Crippen molar-refractivity contribution in [1.29, 1.82) is 0 Å². The standard InChI is InChI=1S/C116H142N8O4/c1-9-13-17-21-25-29-33-37-41-47-73-125-113-91-65-69-95-87-61-51-57-81-77(5)101(121-105(81)87)99-85-55-45-46-56-86(85)100(102-78(6)82-58-52-62-88(106(82)122-102)96-70-66-92(110(118-96)109(91)117-95)114(113)126-74-48-42-38-34-30-26-22-18-14-10-2)104-80(8)84-60-54-64-90(108(84)124-104)98-72-68-94-112(120-98)111-93(67-71-97(119-111)89-63-53-59-83-79(7)103(99)123-107(83)89)115(127-75-49-43-39-35-31-27-23-19-15-11-3)116(94)128-76-50-44-40-36-32-28-24-20-16-12-4/h45-46,51-72,99-100,121-124H,9-44,47-50,73-76H2,1-8H3. The highest BCUT2D eigenvalue weighted by molar-refractivity contribution is 6.14. The average molecular weight is 1710 g/mol. The normalized spacial score (nSPS) is 13.6. The Labute approximate surface area is 761 Å². The molecule has 128 heavy (non-hydrogen) atoms. The molecular weight excluding hydrogens is 1570 g/mol. The van der Waals surface area contributed by atoms with Crippen LogP contribution in [0.1, 0.15) is 353 Å². The van der Waals surface area contributed by atoms with Gasteiger partial charge in [-0.25, -0.2) is 19.9 Å². The van der Waals surface area contributed by atoms with E-state index in [4.69, 9.17) is 38.9 Å². The van der Waals surface area contributed by atoms with E-state index in [2.05, 4.69) is 221 Å². The maximum Gasteiger partial charge on any atom is 0.171 e. The van der Waals surface area contributed by atoms with Gasteiger partial charge in [-0.2, -0.15) is 0 Å². The van der Waals surface area contributed by atoms with Crippen LogP contribution >= 0.6 is 0 Å². The van der Waals surface area contributed by atoms with Crippen LogP contribution in [0, 0.1) is 27.7 Å². The Kier molecular flexibility index (Phi) is 30.3. The number of para-hydroxylation sites is 4. The predicted molar refractivity (Wildman–Crippen MR) is 540 cm³/mol. The fourth-order valence-corrected chi connectivity index (χ4v) is 21.5. The molecule has 0 unspecified atom stereocenters. The van der Waals surface area contributed by atoms with Gasteiger partial charge < -0.3 is 38.9 Å². The lowest BCUT2D eigenvalue weighted by atomic mass is 9.79. The average Bonchev–Trinajstić information content (AvgIpc) is 1.50. The first kappa shape index (κ1) is 89.5. The van der Waals surface area contributed by atoms with E-state index >= 15 is 0 Å². The Morgan fingerprint density at radius 1 is 0.219 bits per heavy atom. The van der Waals surface area contributed by atoms with E-state index in [9.17, 15) is 0 Å². The number of nitrogens with zero attached hydrogens (tertiary/aromatic N) is 4. The van der Waals surface area contributed by atoms with Crippen LogP contribution in [0.3, 0.4) is 0 Å². The lowest BCUT2D eigenvalue weighted by Gasteiger charge is -2.26. The summed E-state index contributed by atoms with van der Waals surface area (Å²) in [6, 6.07) is 54.3. The van der Waals surface area contributed by atoms with Crippen molar-refractivity contribution in [3.05, 3.63) is 202 Å². The summed E-state index contributed by atoms with van der Waals surface area (Å²) < 4.78 is 29.0. The molecule has 18 bridgehead atoms. The van der Waals surface area contributed by atoms with Gasteiger partial charge in [0.15, 0.2) is 23.0 Å². The summed E-state index contributed by atoms with van der Waals surface area (Å²) in [4.78, 5) is 41.1. The lowest BCUT2D eigenvalue weighted by molar-refractivity contribution is 0.263. The molecule has 2 aliphatic rings. The number of aromatic nitrogens is 8. The van der Waals surface area contributed by atoms with Gasteiger partial charge in [0, 0.05) is 88.1 Å². The molecule has 10 heterocycles. The summed E-state index contributed by atoms with van der Waals surface area (Å²) >= 11 is 0. The molecule has 4 N–H and O–H groups in total. The summed E-state index contributed by atoms with van der Waals surface area (Å²) in [5, 5.41) is 8.20. The second kappa shape index (κ2) is 43.3. The van der Waals surface area contributed by atoms with Crippen molar-refractivity contribution >= 4 is 87.2 Å². The molecule has 0 saturated heterocycles. The number of aromatic amines is 4. The Bertz CT molecular complexity index is 5560. The number of pyridine rings is 4. The largest absolute Gasteiger partial charge is 0.489 e. The number of hydrogen-bond acceptors (Lipinski definition) is 8. The Balaban J connectivity index is 0.839. The zero-order valence-corrected chi connectivity index (χ0v) is 78.5. The van der Waals surface area contributed by atoms with Crippen LogP contribution in [0.25, 0.3) is 132 Å². The number of ether oxygens (including phenoxy) is 4. The highest BCUT2D eigenvalue weighted by Gasteiger charge is 2.36. The van der Waals surface area contributed by atoms with Crippen LogP contribution in [0.15, 0.2) is 146 Å². The minimum atomic E-state index is -0.364. The molecule has 12 heteroatoms. The molecule has 670 valence electrons. The number of benzene rings is 7. The quantitative estimate of drug-likeness (QED) is 0.0217. The van der Waals surface area contributed by atoms with Gasteiger partial charge >= 0.3 is 0 Å². The third kappa shape index (κ3) is 19.3. The Morgan fingerprint density at radius 3 is 0.633 bits per heavy atom. The highest BCUT2D eigenvalue weighted by Crippen LogP contribution is 2.53.